The summed E-state index contributed by atoms with van der Waals surface area (Å²) in [5.41, 5.74) is 3.85. The number of ether oxygens (including phenoxy) is 1. The third-order valence-corrected chi connectivity index (χ3v) is 3.50. The molecule has 1 rings (SSSR count). The zero-order chi connectivity index (χ0) is 13.5. The van der Waals surface area contributed by atoms with Gasteiger partial charge in [-0.2, -0.15) is 0 Å². The molecule has 1 aromatic carbocycles. The summed E-state index contributed by atoms with van der Waals surface area (Å²) in [6, 6.07) is 4.82. The van der Waals surface area contributed by atoms with Crippen LogP contribution in [0, 0.1) is 13.8 Å². The van der Waals surface area contributed by atoms with Crippen LogP contribution in [0.4, 0.5) is 0 Å². The number of rotatable bonds is 7. The first-order chi connectivity index (χ1) is 8.65. The largest absolute Gasteiger partial charge is 0.496 e. The second kappa shape index (κ2) is 7.42. The van der Waals surface area contributed by atoms with Crippen molar-refractivity contribution in [3.05, 3.63) is 28.8 Å². The van der Waals surface area contributed by atoms with E-state index in [1.165, 1.54) is 23.1 Å². The fraction of sp³-hybridized carbons (Fsp3) is 0.625. The molecular formula is C16H27NO. The number of hydrogen-bond donors (Lipinski definition) is 1. The van der Waals surface area contributed by atoms with Crippen molar-refractivity contribution in [3.8, 4) is 5.75 Å². The predicted octanol–water partition coefficient (Wildman–Crippen LogP) is 4.15. The van der Waals surface area contributed by atoms with Gasteiger partial charge in [0.1, 0.15) is 5.75 Å². The lowest BCUT2D eigenvalue weighted by atomic mass is 9.96. The van der Waals surface area contributed by atoms with Crippen molar-refractivity contribution in [2.24, 2.45) is 0 Å². The van der Waals surface area contributed by atoms with Gasteiger partial charge in [0.05, 0.1) is 7.11 Å². The molecule has 0 aliphatic carbocycles. The van der Waals surface area contributed by atoms with Gasteiger partial charge in [-0.1, -0.05) is 32.4 Å². The normalized spacial score (nSPS) is 12.5. The topological polar surface area (TPSA) is 21.3 Å². The van der Waals surface area contributed by atoms with Gasteiger partial charge in [0.25, 0.3) is 0 Å². The first kappa shape index (κ1) is 15.0. The first-order valence-electron chi connectivity index (χ1n) is 7.03. The van der Waals surface area contributed by atoms with Crippen molar-refractivity contribution in [2.45, 2.75) is 53.0 Å². The van der Waals surface area contributed by atoms with Crippen LogP contribution < -0.4 is 10.1 Å². The van der Waals surface area contributed by atoms with E-state index >= 15 is 0 Å². The van der Waals surface area contributed by atoms with Crippen molar-refractivity contribution in [2.75, 3.05) is 13.7 Å². The Morgan fingerprint density at radius 3 is 2.44 bits per heavy atom. The van der Waals surface area contributed by atoms with Crippen LogP contribution in [0.5, 0.6) is 5.75 Å². The van der Waals surface area contributed by atoms with Crippen LogP contribution >= 0.6 is 0 Å². The van der Waals surface area contributed by atoms with E-state index in [1.807, 2.05) is 0 Å². The predicted molar refractivity (Wildman–Crippen MR) is 78.4 cm³/mol. The Hall–Kier alpha value is -1.02. The smallest absolute Gasteiger partial charge is 0.126 e. The van der Waals surface area contributed by atoms with Crippen LogP contribution in [0.15, 0.2) is 12.1 Å². The summed E-state index contributed by atoms with van der Waals surface area (Å²) in [4.78, 5) is 0. The third kappa shape index (κ3) is 3.49. The minimum atomic E-state index is 0.407. The van der Waals surface area contributed by atoms with Crippen molar-refractivity contribution < 1.29 is 4.74 Å². The van der Waals surface area contributed by atoms with Gasteiger partial charge in [-0.05, 0) is 44.4 Å². The fourth-order valence-corrected chi connectivity index (χ4v) is 2.33. The molecule has 0 aromatic heterocycles. The monoisotopic (exact) mass is 249 g/mol. The molecule has 1 unspecified atom stereocenters. The van der Waals surface area contributed by atoms with Crippen LogP contribution in [0.25, 0.3) is 0 Å². The summed E-state index contributed by atoms with van der Waals surface area (Å²) in [5.74, 6) is 1.05. The first-order valence-corrected chi connectivity index (χ1v) is 7.03. The van der Waals surface area contributed by atoms with Gasteiger partial charge >= 0.3 is 0 Å². The van der Waals surface area contributed by atoms with E-state index in [1.54, 1.807) is 7.11 Å². The number of benzene rings is 1. The van der Waals surface area contributed by atoms with Gasteiger partial charge < -0.3 is 10.1 Å². The highest BCUT2D eigenvalue weighted by molar-refractivity contribution is 5.46. The Morgan fingerprint density at radius 2 is 1.89 bits per heavy atom. The highest BCUT2D eigenvalue weighted by Crippen LogP contribution is 2.32. The van der Waals surface area contributed by atoms with Gasteiger partial charge in [0.15, 0.2) is 0 Å². The van der Waals surface area contributed by atoms with Gasteiger partial charge in [-0.3, -0.25) is 0 Å². The molecule has 0 bridgehead atoms. The molecule has 0 spiro atoms. The SMILES string of the molecule is CCCNC(CCC)c1ccc(C)c(C)c1OC. The van der Waals surface area contributed by atoms with Crippen molar-refractivity contribution in [1.82, 2.24) is 5.32 Å². The lowest BCUT2D eigenvalue weighted by Gasteiger charge is -2.22. The zero-order valence-electron chi connectivity index (χ0n) is 12.5. The van der Waals surface area contributed by atoms with Gasteiger partial charge in [-0.25, -0.2) is 0 Å². The summed E-state index contributed by atoms with van der Waals surface area (Å²) in [7, 11) is 1.77. The zero-order valence-corrected chi connectivity index (χ0v) is 12.5. The van der Waals surface area contributed by atoms with E-state index in [-0.39, 0.29) is 0 Å². The van der Waals surface area contributed by atoms with E-state index in [0.717, 1.165) is 25.1 Å². The van der Waals surface area contributed by atoms with E-state index in [9.17, 15) is 0 Å². The molecule has 1 atom stereocenters. The third-order valence-electron chi connectivity index (χ3n) is 3.50. The Morgan fingerprint density at radius 1 is 1.17 bits per heavy atom. The van der Waals surface area contributed by atoms with E-state index in [2.05, 4.69) is 45.1 Å². The summed E-state index contributed by atoms with van der Waals surface area (Å²) in [6.45, 7) is 9.76. The number of methoxy groups -OCH3 is 1. The highest BCUT2D eigenvalue weighted by atomic mass is 16.5. The maximum atomic E-state index is 5.62. The Balaban J connectivity index is 3.06. The number of aryl methyl sites for hydroxylation is 1. The lowest BCUT2D eigenvalue weighted by molar-refractivity contribution is 0.391. The highest BCUT2D eigenvalue weighted by Gasteiger charge is 2.17. The van der Waals surface area contributed by atoms with Crippen LogP contribution in [0.2, 0.25) is 0 Å². The summed E-state index contributed by atoms with van der Waals surface area (Å²) in [6.07, 6.45) is 3.49. The maximum absolute atomic E-state index is 5.62. The molecule has 0 saturated carbocycles. The molecule has 0 heterocycles. The maximum Gasteiger partial charge on any atom is 0.126 e. The minimum absolute atomic E-state index is 0.407. The molecule has 0 aliphatic heterocycles. The molecule has 0 fully saturated rings. The Kier molecular flexibility index (Phi) is 6.20. The van der Waals surface area contributed by atoms with Crippen LogP contribution in [0.1, 0.15) is 55.8 Å². The lowest BCUT2D eigenvalue weighted by Crippen LogP contribution is -2.22. The van der Waals surface area contributed by atoms with E-state index in [0.29, 0.717) is 6.04 Å². The Bertz CT molecular complexity index is 374. The molecule has 0 amide bonds. The average Bonchev–Trinajstić information content (AvgIpc) is 2.37. The average molecular weight is 249 g/mol. The van der Waals surface area contributed by atoms with Crippen molar-refractivity contribution >= 4 is 0 Å². The van der Waals surface area contributed by atoms with Crippen LogP contribution in [0.3, 0.4) is 0 Å². The fourth-order valence-electron chi connectivity index (χ4n) is 2.33. The summed E-state index contributed by atoms with van der Waals surface area (Å²) >= 11 is 0. The summed E-state index contributed by atoms with van der Waals surface area (Å²) < 4.78 is 5.62. The number of nitrogens with one attached hydrogen (secondary N) is 1. The molecule has 1 aromatic rings. The second-order valence-electron chi connectivity index (χ2n) is 4.93. The van der Waals surface area contributed by atoms with E-state index in [4.69, 9.17) is 4.74 Å². The van der Waals surface area contributed by atoms with Gasteiger partial charge in [0, 0.05) is 11.6 Å². The van der Waals surface area contributed by atoms with Crippen molar-refractivity contribution in [1.29, 1.82) is 0 Å². The molecule has 0 aliphatic rings. The van der Waals surface area contributed by atoms with Crippen molar-refractivity contribution in [3.63, 3.8) is 0 Å². The molecular weight excluding hydrogens is 222 g/mol. The van der Waals surface area contributed by atoms with E-state index < -0.39 is 0 Å². The summed E-state index contributed by atoms with van der Waals surface area (Å²) in [5, 5.41) is 3.63. The van der Waals surface area contributed by atoms with Gasteiger partial charge in [-0.15, -0.1) is 0 Å². The Labute approximate surface area is 112 Å². The molecule has 2 heteroatoms. The standard InChI is InChI=1S/C16H27NO/c1-6-8-15(17-11-7-2)14-10-9-12(3)13(4)16(14)18-5/h9-10,15,17H,6-8,11H2,1-5H3. The molecule has 0 saturated heterocycles. The molecule has 102 valence electrons. The molecule has 18 heavy (non-hydrogen) atoms. The minimum Gasteiger partial charge on any atom is -0.496 e. The van der Waals surface area contributed by atoms with Crippen LogP contribution in [-0.2, 0) is 0 Å². The van der Waals surface area contributed by atoms with Crippen LogP contribution in [-0.4, -0.2) is 13.7 Å². The molecule has 1 N–H and O–H groups in total. The molecule has 0 radical (unpaired) electrons. The second-order valence-corrected chi connectivity index (χ2v) is 4.93. The molecule has 2 nitrogen and oxygen atoms in total. The number of hydrogen-bond acceptors (Lipinski definition) is 2. The quantitative estimate of drug-likeness (QED) is 0.783. The van der Waals surface area contributed by atoms with Gasteiger partial charge in [0.2, 0.25) is 0 Å².